The van der Waals surface area contributed by atoms with Crippen molar-refractivity contribution >= 4 is 12.2 Å². The Bertz CT molecular complexity index is 351. The normalized spacial score (nSPS) is 23.8. The molecule has 4 heteroatoms. The first-order chi connectivity index (χ1) is 8.86. The van der Waals surface area contributed by atoms with E-state index < -0.39 is 0 Å². The Morgan fingerprint density at radius 3 is 1.47 bits per heavy atom. The molecule has 2 atom stereocenters. The van der Waals surface area contributed by atoms with Crippen LogP contribution in [0.15, 0.2) is 34.3 Å². The fraction of sp³-hybridized carbons (Fsp3) is 0.600. The number of carbonyl (C=O) groups excluding carboxylic acids is 2. The van der Waals surface area contributed by atoms with E-state index in [1.165, 1.54) is 0 Å². The number of hydrogen-bond donors (Lipinski definition) is 0. The smallest absolute Gasteiger partial charge is 0.211 e. The van der Waals surface area contributed by atoms with Crippen molar-refractivity contribution < 1.29 is 9.59 Å². The average Bonchev–Trinajstić information content (AvgIpc) is 2.43. The quantitative estimate of drug-likeness (QED) is 0.434. The highest BCUT2D eigenvalue weighted by Crippen LogP contribution is 2.13. The minimum absolute atomic E-state index is 0. The molecule has 0 aromatic heterocycles. The van der Waals surface area contributed by atoms with Crippen LogP contribution in [0.2, 0.25) is 0 Å². The van der Waals surface area contributed by atoms with Gasteiger partial charge >= 0.3 is 0 Å². The summed E-state index contributed by atoms with van der Waals surface area (Å²) in [6, 6.07) is 0.431. The monoisotopic (exact) mass is 262 g/mol. The largest absolute Gasteiger partial charge is 0.235 e. The molecular weight excluding hydrogens is 240 g/mol. The van der Waals surface area contributed by atoms with Crippen molar-refractivity contribution in [2.45, 2.75) is 58.0 Å². The molecule has 0 fully saturated rings. The fourth-order valence-corrected chi connectivity index (χ4v) is 1.94. The standard InChI is InChI=1S/2C7H9NO.CH4/c2*9-6-8-7-4-2-1-3-5-7;/h2*1-2,7H,3-5H2;1H4. The summed E-state index contributed by atoms with van der Waals surface area (Å²) in [4.78, 5) is 26.8. The highest BCUT2D eigenvalue weighted by Gasteiger charge is 2.06. The Balaban J connectivity index is 0.000000324. The zero-order valence-corrected chi connectivity index (χ0v) is 10.4. The first kappa shape index (κ1) is 17.2. The molecule has 0 aliphatic heterocycles. The van der Waals surface area contributed by atoms with Gasteiger partial charge in [-0.25, -0.2) is 19.6 Å². The Morgan fingerprint density at radius 2 is 1.21 bits per heavy atom. The van der Waals surface area contributed by atoms with E-state index in [0.29, 0.717) is 0 Å². The molecule has 0 heterocycles. The zero-order chi connectivity index (χ0) is 13.1. The maximum atomic E-state index is 9.76. The second kappa shape index (κ2) is 11.3. The average molecular weight is 262 g/mol. The fourth-order valence-electron chi connectivity index (χ4n) is 1.94. The topological polar surface area (TPSA) is 58.9 Å². The van der Waals surface area contributed by atoms with E-state index in [1.54, 1.807) is 12.2 Å². The van der Waals surface area contributed by atoms with E-state index in [0.717, 1.165) is 38.5 Å². The van der Waals surface area contributed by atoms with Gasteiger partial charge in [0.25, 0.3) is 0 Å². The molecule has 0 radical (unpaired) electrons. The SMILES string of the molecule is C.O=C=NC1CC=CCC1.O=C=NC1CC=CCC1. The Morgan fingerprint density at radius 1 is 0.789 bits per heavy atom. The van der Waals surface area contributed by atoms with Gasteiger partial charge in [0.2, 0.25) is 12.2 Å². The molecule has 2 aliphatic rings. The molecule has 0 aromatic rings. The van der Waals surface area contributed by atoms with Gasteiger partial charge in [-0.1, -0.05) is 31.7 Å². The van der Waals surface area contributed by atoms with Crippen LogP contribution in [-0.2, 0) is 9.59 Å². The van der Waals surface area contributed by atoms with Crippen LogP contribution in [0.1, 0.15) is 46.0 Å². The lowest BCUT2D eigenvalue weighted by atomic mass is 10.0. The summed E-state index contributed by atoms with van der Waals surface area (Å²) < 4.78 is 0. The first-order valence-corrected chi connectivity index (χ1v) is 6.30. The lowest BCUT2D eigenvalue weighted by Gasteiger charge is -2.09. The molecule has 0 bridgehead atoms. The van der Waals surface area contributed by atoms with Gasteiger partial charge in [-0.3, -0.25) is 0 Å². The summed E-state index contributed by atoms with van der Waals surface area (Å²) in [5.41, 5.74) is 0. The van der Waals surface area contributed by atoms with E-state index in [4.69, 9.17) is 0 Å². The molecule has 0 amide bonds. The number of rotatable bonds is 2. The summed E-state index contributed by atoms with van der Waals surface area (Å²) in [5, 5.41) is 0. The maximum Gasteiger partial charge on any atom is 0.235 e. The van der Waals surface area contributed by atoms with Crippen molar-refractivity contribution in [3.05, 3.63) is 24.3 Å². The van der Waals surface area contributed by atoms with Gasteiger partial charge in [0.05, 0.1) is 12.1 Å². The summed E-state index contributed by atoms with van der Waals surface area (Å²) in [6.07, 6.45) is 17.5. The number of aliphatic imine (C=N–C) groups is 2. The van der Waals surface area contributed by atoms with Crippen LogP contribution in [0.4, 0.5) is 0 Å². The third-order valence-corrected chi connectivity index (χ3v) is 2.95. The molecule has 0 aromatic carbocycles. The summed E-state index contributed by atoms with van der Waals surface area (Å²) in [5.74, 6) is 0. The van der Waals surface area contributed by atoms with Crippen LogP contribution in [0.3, 0.4) is 0 Å². The predicted octanol–water partition coefficient (Wildman–Crippen LogP) is 3.50. The van der Waals surface area contributed by atoms with Crippen molar-refractivity contribution in [1.82, 2.24) is 0 Å². The number of nitrogens with zero attached hydrogens (tertiary/aromatic N) is 2. The Hall–Kier alpha value is -1.76. The van der Waals surface area contributed by atoms with E-state index >= 15 is 0 Å². The van der Waals surface area contributed by atoms with E-state index in [9.17, 15) is 9.59 Å². The minimum Gasteiger partial charge on any atom is -0.211 e. The third kappa shape index (κ3) is 8.04. The van der Waals surface area contributed by atoms with Gasteiger partial charge in [0.15, 0.2) is 0 Å². The van der Waals surface area contributed by atoms with Crippen LogP contribution in [-0.4, -0.2) is 24.2 Å². The van der Waals surface area contributed by atoms with Gasteiger partial charge in [0.1, 0.15) is 0 Å². The molecule has 2 unspecified atom stereocenters. The van der Waals surface area contributed by atoms with E-state index in [1.807, 2.05) is 0 Å². The van der Waals surface area contributed by atoms with Crippen molar-refractivity contribution in [1.29, 1.82) is 0 Å². The van der Waals surface area contributed by atoms with Crippen molar-refractivity contribution in [3.8, 4) is 0 Å². The second-order valence-electron chi connectivity index (χ2n) is 4.32. The summed E-state index contributed by atoms with van der Waals surface area (Å²) in [7, 11) is 0. The summed E-state index contributed by atoms with van der Waals surface area (Å²) in [6.45, 7) is 0. The Labute approximate surface area is 115 Å². The molecule has 2 aliphatic carbocycles. The second-order valence-corrected chi connectivity index (χ2v) is 4.32. The number of hydrogen-bond acceptors (Lipinski definition) is 4. The molecule has 2 rings (SSSR count). The first-order valence-electron chi connectivity index (χ1n) is 6.30. The molecule has 0 spiro atoms. The molecule has 19 heavy (non-hydrogen) atoms. The molecule has 104 valence electrons. The van der Waals surface area contributed by atoms with Crippen molar-refractivity contribution in [2.24, 2.45) is 9.98 Å². The summed E-state index contributed by atoms with van der Waals surface area (Å²) >= 11 is 0. The maximum absolute atomic E-state index is 9.76. The molecule has 4 nitrogen and oxygen atoms in total. The van der Waals surface area contributed by atoms with Gasteiger partial charge in [-0.05, 0) is 38.5 Å². The Kier molecular flexibility index (Phi) is 10.3. The minimum atomic E-state index is 0. The van der Waals surface area contributed by atoms with Crippen molar-refractivity contribution in [3.63, 3.8) is 0 Å². The molecular formula is C15H22N2O2. The predicted molar refractivity (Wildman–Crippen MR) is 76.5 cm³/mol. The van der Waals surface area contributed by atoms with Crippen LogP contribution < -0.4 is 0 Å². The van der Waals surface area contributed by atoms with Gasteiger partial charge in [-0.2, -0.15) is 0 Å². The lowest BCUT2D eigenvalue weighted by Crippen LogP contribution is -2.04. The van der Waals surface area contributed by atoms with E-state index in [-0.39, 0.29) is 19.5 Å². The van der Waals surface area contributed by atoms with E-state index in [2.05, 4.69) is 34.3 Å². The zero-order valence-electron chi connectivity index (χ0n) is 10.4. The van der Waals surface area contributed by atoms with Crippen LogP contribution in [0.25, 0.3) is 0 Å². The lowest BCUT2D eigenvalue weighted by molar-refractivity contribution is 0.546. The van der Waals surface area contributed by atoms with Gasteiger partial charge in [-0.15, -0.1) is 0 Å². The van der Waals surface area contributed by atoms with Gasteiger partial charge < -0.3 is 0 Å². The van der Waals surface area contributed by atoms with Crippen LogP contribution in [0, 0.1) is 0 Å². The van der Waals surface area contributed by atoms with Crippen LogP contribution in [0.5, 0.6) is 0 Å². The number of allylic oxidation sites excluding steroid dienone is 2. The highest BCUT2D eigenvalue weighted by atomic mass is 16.1. The molecule has 0 N–H and O–H groups in total. The van der Waals surface area contributed by atoms with Gasteiger partial charge in [0, 0.05) is 0 Å². The molecule has 0 saturated heterocycles. The highest BCUT2D eigenvalue weighted by molar-refractivity contribution is 5.34. The van der Waals surface area contributed by atoms with Crippen LogP contribution >= 0.6 is 0 Å². The molecule has 0 saturated carbocycles. The third-order valence-electron chi connectivity index (χ3n) is 2.95. The van der Waals surface area contributed by atoms with Crippen molar-refractivity contribution in [2.75, 3.05) is 0 Å². The number of isocyanates is 2.